The predicted octanol–water partition coefficient (Wildman–Crippen LogP) is 2.88. The lowest BCUT2D eigenvalue weighted by molar-refractivity contribution is -0.117. The van der Waals surface area contributed by atoms with Crippen LogP contribution in [-0.2, 0) is 9.59 Å². The van der Waals surface area contributed by atoms with Gasteiger partial charge in [-0.3, -0.25) is 9.59 Å². The van der Waals surface area contributed by atoms with Crippen molar-refractivity contribution >= 4 is 23.2 Å². The van der Waals surface area contributed by atoms with Crippen LogP contribution in [-0.4, -0.2) is 18.4 Å². The molecule has 1 aliphatic heterocycles. The zero-order chi connectivity index (χ0) is 14.4. The summed E-state index contributed by atoms with van der Waals surface area (Å²) >= 11 is 0. The fourth-order valence-electron chi connectivity index (χ4n) is 2.08. The molecule has 0 bridgehead atoms. The average Bonchev–Trinajstić information content (AvgIpc) is 2.86. The lowest BCUT2D eigenvalue weighted by Crippen LogP contribution is -2.23. The molecule has 1 saturated heterocycles. The zero-order valence-corrected chi connectivity index (χ0v) is 11.5. The Balaban J connectivity index is 1.98. The molecule has 0 spiro atoms. The SMILES string of the molecule is C/C=C/C=C/C(=O)Nc1ccc(N2CCCC2=O)cc1. The molecule has 4 heteroatoms. The van der Waals surface area contributed by atoms with Gasteiger partial charge in [0, 0.05) is 30.4 Å². The standard InChI is InChI=1S/C16H18N2O2/c1-2-3-4-6-15(19)17-13-8-10-14(11-9-13)18-12-5-7-16(18)20/h2-4,6,8-11H,5,7,12H2,1H3,(H,17,19)/b3-2+,6-4+. The first-order valence-electron chi connectivity index (χ1n) is 6.71. The van der Waals surface area contributed by atoms with Crippen molar-refractivity contribution < 1.29 is 9.59 Å². The number of carbonyl (C=O) groups excluding carboxylic acids is 2. The summed E-state index contributed by atoms with van der Waals surface area (Å²) in [6, 6.07) is 7.33. The van der Waals surface area contributed by atoms with E-state index in [-0.39, 0.29) is 11.8 Å². The molecular formula is C16H18N2O2. The van der Waals surface area contributed by atoms with Crippen LogP contribution in [0.25, 0.3) is 0 Å². The van der Waals surface area contributed by atoms with Gasteiger partial charge in [-0.05, 0) is 37.6 Å². The number of nitrogens with zero attached hydrogens (tertiary/aromatic N) is 1. The van der Waals surface area contributed by atoms with Gasteiger partial charge >= 0.3 is 0 Å². The minimum absolute atomic E-state index is 0.163. The van der Waals surface area contributed by atoms with E-state index in [1.165, 1.54) is 6.08 Å². The third-order valence-electron chi connectivity index (χ3n) is 3.07. The van der Waals surface area contributed by atoms with Crippen LogP contribution in [0.3, 0.4) is 0 Å². The van der Waals surface area contributed by atoms with Gasteiger partial charge in [-0.25, -0.2) is 0 Å². The van der Waals surface area contributed by atoms with Gasteiger partial charge in [0.15, 0.2) is 0 Å². The molecule has 1 fully saturated rings. The maximum Gasteiger partial charge on any atom is 0.248 e. The molecule has 1 heterocycles. The first kappa shape index (κ1) is 14.1. The van der Waals surface area contributed by atoms with Crippen molar-refractivity contribution in [1.29, 1.82) is 0 Å². The predicted molar refractivity (Wildman–Crippen MR) is 80.6 cm³/mol. The van der Waals surface area contributed by atoms with E-state index < -0.39 is 0 Å². The number of hydrogen-bond donors (Lipinski definition) is 1. The first-order valence-corrected chi connectivity index (χ1v) is 6.71. The van der Waals surface area contributed by atoms with Crippen LogP contribution in [0.5, 0.6) is 0 Å². The van der Waals surface area contributed by atoms with Crippen molar-refractivity contribution in [2.75, 3.05) is 16.8 Å². The fourth-order valence-corrected chi connectivity index (χ4v) is 2.08. The summed E-state index contributed by atoms with van der Waals surface area (Å²) in [5.74, 6) is -0.0100. The summed E-state index contributed by atoms with van der Waals surface area (Å²) in [5, 5.41) is 2.77. The van der Waals surface area contributed by atoms with Gasteiger partial charge < -0.3 is 10.2 Å². The Morgan fingerprint density at radius 2 is 2.00 bits per heavy atom. The molecule has 0 unspecified atom stereocenters. The topological polar surface area (TPSA) is 49.4 Å². The van der Waals surface area contributed by atoms with Crippen LogP contribution in [0.4, 0.5) is 11.4 Å². The van der Waals surface area contributed by atoms with Crippen LogP contribution in [0.15, 0.2) is 48.6 Å². The summed E-state index contributed by atoms with van der Waals surface area (Å²) in [6.45, 7) is 2.66. The second-order valence-electron chi connectivity index (χ2n) is 4.57. The molecule has 2 amide bonds. The van der Waals surface area contributed by atoms with Crippen molar-refractivity contribution in [1.82, 2.24) is 0 Å². The molecule has 0 radical (unpaired) electrons. The van der Waals surface area contributed by atoms with E-state index in [4.69, 9.17) is 0 Å². The smallest absolute Gasteiger partial charge is 0.248 e. The Morgan fingerprint density at radius 3 is 2.60 bits per heavy atom. The monoisotopic (exact) mass is 270 g/mol. The van der Waals surface area contributed by atoms with Gasteiger partial charge in [0.25, 0.3) is 0 Å². The highest BCUT2D eigenvalue weighted by molar-refractivity contribution is 6.00. The largest absolute Gasteiger partial charge is 0.323 e. The summed E-state index contributed by atoms with van der Waals surface area (Å²) in [4.78, 5) is 25.0. The van der Waals surface area contributed by atoms with Crippen molar-refractivity contribution in [3.8, 4) is 0 Å². The third kappa shape index (κ3) is 3.57. The summed E-state index contributed by atoms with van der Waals surface area (Å²) in [7, 11) is 0. The van der Waals surface area contributed by atoms with Crippen molar-refractivity contribution in [2.24, 2.45) is 0 Å². The number of carbonyl (C=O) groups is 2. The van der Waals surface area contributed by atoms with Crippen LogP contribution in [0, 0.1) is 0 Å². The molecule has 0 aliphatic carbocycles. The van der Waals surface area contributed by atoms with E-state index in [0.717, 1.165) is 24.3 Å². The molecule has 0 atom stereocenters. The molecule has 0 saturated carbocycles. The van der Waals surface area contributed by atoms with Crippen LogP contribution < -0.4 is 10.2 Å². The summed E-state index contributed by atoms with van der Waals surface area (Å²) in [5.41, 5.74) is 1.60. The van der Waals surface area contributed by atoms with Gasteiger partial charge in [0.1, 0.15) is 0 Å². The normalized spacial score (nSPS) is 15.4. The molecule has 1 aliphatic rings. The molecule has 1 aromatic carbocycles. The van der Waals surface area contributed by atoms with Gasteiger partial charge in [-0.2, -0.15) is 0 Å². The van der Waals surface area contributed by atoms with Crippen molar-refractivity contribution in [3.63, 3.8) is 0 Å². The van der Waals surface area contributed by atoms with E-state index in [1.807, 2.05) is 37.3 Å². The maximum absolute atomic E-state index is 11.6. The number of rotatable bonds is 4. The minimum atomic E-state index is -0.173. The van der Waals surface area contributed by atoms with Crippen molar-refractivity contribution in [3.05, 3.63) is 48.6 Å². The van der Waals surface area contributed by atoms with Crippen molar-refractivity contribution in [2.45, 2.75) is 19.8 Å². The summed E-state index contributed by atoms with van der Waals surface area (Å²) < 4.78 is 0. The Hall–Kier alpha value is -2.36. The lowest BCUT2D eigenvalue weighted by atomic mass is 10.2. The molecule has 20 heavy (non-hydrogen) atoms. The molecule has 0 aromatic heterocycles. The molecule has 1 aromatic rings. The van der Waals surface area contributed by atoms with Gasteiger partial charge in [0.05, 0.1) is 0 Å². The van der Waals surface area contributed by atoms with E-state index in [0.29, 0.717) is 6.42 Å². The maximum atomic E-state index is 11.6. The summed E-state index contributed by atoms with van der Waals surface area (Å²) in [6.07, 6.45) is 8.33. The van der Waals surface area contributed by atoms with Gasteiger partial charge in [0.2, 0.25) is 11.8 Å². The number of amides is 2. The van der Waals surface area contributed by atoms with E-state index in [2.05, 4.69) is 5.32 Å². The van der Waals surface area contributed by atoms with E-state index in [9.17, 15) is 9.59 Å². The zero-order valence-electron chi connectivity index (χ0n) is 11.5. The highest BCUT2D eigenvalue weighted by Crippen LogP contribution is 2.22. The third-order valence-corrected chi connectivity index (χ3v) is 3.07. The molecule has 2 rings (SSSR count). The lowest BCUT2D eigenvalue weighted by Gasteiger charge is -2.15. The van der Waals surface area contributed by atoms with Gasteiger partial charge in [-0.15, -0.1) is 0 Å². The molecule has 1 N–H and O–H groups in total. The van der Waals surface area contributed by atoms with E-state index >= 15 is 0 Å². The number of anilines is 2. The Bertz CT molecular complexity index is 544. The number of hydrogen-bond acceptors (Lipinski definition) is 2. The van der Waals surface area contributed by atoms with Crippen LogP contribution >= 0.6 is 0 Å². The highest BCUT2D eigenvalue weighted by Gasteiger charge is 2.21. The average molecular weight is 270 g/mol. The minimum Gasteiger partial charge on any atom is -0.323 e. The number of allylic oxidation sites excluding steroid dienone is 3. The number of benzene rings is 1. The second kappa shape index (κ2) is 6.70. The van der Waals surface area contributed by atoms with E-state index in [1.54, 1.807) is 17.1 Å². The van der Waals surface area contributed by atoms with Crippen LogP contribution in [0.1, 0.15) is 19.8 Å². The molecule has 104 valence electrons. The Labute approximate surface area is 118 Å². The highest BCUT2D eigenvalue weighted by atomic mass is 16.2. The quantitative estimate of drug-likeness (QED) is 0.675. The van der Waals surface area contributed by atoms with Crippen LogP contribution in [0.2, 0.25) is 0 Å². The second-order valence-corrected chi connectivity index (χ2v) is 4.57. The number of nitrogens with one attached hydrogen (secondary N) is 1. The van der Waals surface area contributed by atoms with Gasteiger partial charge in [-0.1, -0.05) is 18.2 Å². The fraction of sp³-hybridized carbons (Fsp3) is 0.250. The molecular weight excluding hydrogens is 252 g/mol. The first-order chi connectivity index (χ1) is 9.70. The Morgan fingerprint density at radius 1 is 1.25 bits per heavy atom. The molecule has 4 nitrogen and oxygen atoms in total. The Kier molecular flexibility index (Phi) is 4.71.